The SMILES string of the molecule is COc1ccc(C2CC(=O)N(C)C[C@H]2CC(=O)OC(C)(C)C)cc1. The maximum Gasteiger partial charge on any atom is 0.306 e. The fraction of sp³-hybridized carbons (Fsp3) is 0.579. The molecule has 1 aliphatic rings. The van der Waals surface area contributed by atoms with Gasteiger partial charge in [-0.3, -0.25) is 9.59 Å². The van der Waals surface area contributed by atoms with Crippen molar-refractivity contribution in [1.82, 2.24) is 4.90 Å². The van der Waals surface area contributed by atoms with Crippen molar-refractivity contribution < 1.29 is 19.1 Å². The van der Waals surface area contributed by atoms with Crippen LogP contribution in [-0.2, 0) is 14.3 Å². The van der Waals surface area contributed by atoms with Crippen LogP contribution >= 0.6 is 0 Å². The van der Waals surface area contributed by atoms with E-state index in [2.05, 4.69) is 0 Å². The highest BCUT2D eigenvalue weighted by Crippen LogP contribution is 2.36. The molecule has 132 valence electrons. The molecule has 1 amide bonds. The lowest BCUT2D eigenvalue weighted by atomic mass is 9.78. The molecule has 1 fully saturated rings. The monoisotopic (exact) mass is 333 g/mol. The number of nitrogens with zero attached hydrogens (tertiary/aromatic N) is 1. The second kappa shape index (κ2) is 7.24. The van der Waals surface area contributed by atoms with Gasteiger partial charge in [0.25, 0.3) is 0 Å². The van der Waals surface area contributed by atoms with Gasteiger partial charge in [-0.15, -0.1) is 0 Å². The topological polar surface area (TPSA) is 55.8 Å². The highest BCUT2D eigenvalue weighted by molar-refractivity contribution is 5.78. The smallest absolute Gasteiger partial charge is 0.306 e. The number of esters is 1. The fourth-order valence-corrected chi connectivity index (χ4v) is 3.14. The van der Waals surface area contributed by atoms with Crippen molar-refractivity contribution in [1.29, 1.82) is 0 Å². The van der Waals surface area contributed by atoms with Gasteiger partial charge in [-0.05, 0) is 50.3 Å². The zero-order valence-corrected chi connectivity index (χ0v) is 15.2. The minimum Gasteiger partial charge on any atom is -0.497 e. The molecule has 5 nitrogen and oxygen atoms in total. The predicted octanol–water partition coefficient (Wildman–Crippen LogP) is 2.99. The number of hydrogen-bond acceptors (Lipinski definition) is 4. The van der Waals surface area contributed by atoms with E-state index in [0.717, 1.165) is 11.3 Å². The van der Waals surface area contributed by atoms with Crippen LogP contribution in [0.2, 0.25) is 0 Å². The van der Waals surface area contributed by atoms with Crippen molar-refractivity contribution in [2.75, 3.05) is 20.7 Å². The van der Waals surface area contributed by atoms with E-state index in [1.54, 1.807) is 19.1 Å². The van der Waals surface area contributed by atoms with Crippen molar-refractivity contribution in [2.24, 2.45) is 5.92 Å². The molecule has 1 saturated heterocycles. The van der Waals surface area contributed by atoms with E-state index < -0.39 is 5.60 Å². The van der Waals surface area contributed by atoms with Gasteiger partial charge in [0.05, 0.1) is 13.5 Å². The molecule has 0 aromatic heterocycles. The molecule has 1 aromatic rings. The van der Waals surface area contributed by atoms with Crippen LogP contribution in [0.3, 0.4) is 0 Å². The van der Waals surface area contributed by atoms with Crippen LogP contribution in [0, 0.1) is 5.92 Å². The minimum atomic E-state index is -0.497. The van der Waals surface area contributed by atoms with Gasteiger partial charge in [0.1, 0.15) is 11.4 Å². The number of amides is 1. The van der Waals surface area contributed by atoms with E-state index in [0.29, 0.717) is 19.4 Å². The molecule has 1 unspecified atom stereocenters. The van der Waals surface area contributed by atoms with Crippen LogP contribution < -0.4 is 4.74 Å². The van der Waals surface area contributed by atoms with Crippen LogP contribution in [0.1, 0.15) is 45.1 Å². The van der Waals surface area contributed by atoms with Gasteiger partial charge in [-0.2, -0.15) is 0 Å². The van der Waals surface area contributed by atoms with Crippen molar-refractivity contribution in [3.63, 3.8) is 0 Å². The molecule has 2 rings (SSSR count). The Hall–Kier alpha value is -2.04. The number of rotatable bonds is 4. The number of carbonyl (C=O) groups excluding carboxylic acids is 2. The zero-order valence-electron chi connectivity index (χ0n) is 15.2. The molecule has 0 bridgehead atoms. The summed E-state index contributed by atoms with van der Waals surface area (Å²) in [6, 6.07) is 7.74. The van der Waals surface area contributed by atoms with Gasteiger partial charge in [-0.25, -0.2) is 0 Å². The predicted molar refractivity (Wildman–Crippen MR) is 91.9 cm³/mol. The second-order valence-corrected chi connectivity index (χ2v) is 7.41. The Morgan fingerprint density at radius 3 is 2.42 bits per heavy atom. The Balaban J connectivity index is 2.17. The van der Waals surface area contributed by atoms with Crippen molar-refractivity contribution in [3.05, 3.63) is 29.8 Å². The lowest BCUT2D eigenvalue weighted by Crippen LogP contribution is -2.42. The summed E-state index contributed by atoms with van der Waals surface area (Å²) in [6.45, 7) is 6.15. The lowest BCUT2D eigenvalue weighted by molar-refractivity contribution is -0.157. The van der Waals surface area contributed by atoms with Crippen LogP contribution in [0.4, 0.5) is 0 Å². The average Bonchev–Trinajstić information content (AvgIpc) is 2.49. The summed E-state index contributed by atoms with van der Waals surface area (Å²) in [5.74, 6) is 0.745. The molecule has 2 atom stereocenters. The molecule has 0 spiro atoms. The first kappa shape index (κ1) is 18.3. The highest BCUT2D eigenvalue weighted by atomic mass is 16.6. The van der Waals surface area contributed by atoms with E-state index in [1.165, 1.54) is 0 Å². The van der Waals surface area contributed by atoms with Crippen LogP contribution in [0.25, 0.3) is 0 Å². The molecule has 1 aromatic carbocycles. The molecular weight excluding hydrogens is 306 g/mol. The first-order chi connectivity index (χ1) is 11.2. The summed E-state index contributed by atoms with van der Waals surface area (Å²) in [4.78, 5) is 26.1. The van der Waals surface area contributed by atoms with E-state index in [1.807, 2.05) is 45.0 Å². The van der Waals surface area contributed by atoms with Crippen molar-refractivity contribution >= 4 is 11.9 Å². The molecule has 0 aliphatic carbocycles. The molecule has 0 saturated carbocycles. The van der Waals surface area contributed by atoms with E-state index in [4.69, 9.17) is 9.47 Å². The quantitative estimate of drug-likeness (QED) is 0.795. The van der Waals surface area contributed by atoms with Crippen LogP contribution in [-0.4, -0.2) is 43.1 Å². The molecule has 24 heavy (non-hydrogen) atoms. The summed E-state index contributed by atoms with van der Waals surface area (Å²) in [6.07, 6.45) is 0.724. The molecular formula is C19H27NO4. The molecule has 5 heteroatoms. The third kappa shape index (κ3) is 4.73. The Bertz CT molecular complexity index is 588. The molecule has 0 radical (unpaired) electrons. The van der Waals surface area contributed by atoms with E-state index in [-0.39, 0.29) is 23.7 Å². The number of carbonyl (C=O) groups is 2. The lowest BCUT2D eigenvalue weighted by Gasteiger charge is -2.36. The normalized spacial score (nSPS) is 21.5. The summed E-state index contributed by atoms with van der Waals surface area (Å²) in [7, 11) is 3.41. The maximum atomic E-state index is 12.2. The Labute approximate surface area is 143 Å². The minimum absolute atomic E-state index is 0.0205. The average molecular weight is 333 g/mol. The Morgan fingerprint density at radius 1 is 1.25 bits per heavy atom. The third-order valence-electron chi connectivity index (χ3n) is 4.29. The number of ether oxygens (including phenoxy) is 2. The molecule has 0 N–H and O–H groups in total. The second-order valence-electron chi connectivity index (χ2n) is 7.41. The summed E-state index contributed by atoms with van der Waals surface area (Å²) in [5, 5.41) is 0. The number of benzene rings is 1. The summed E-state index contributed by atoms with van der Waals surface area (Å²) < 4.78 is 10.7. The number of piperidine rings is 1. The van der Waals surface area contributed by atoms with Gasteiger partial charge in [0, 0.05) is 20.0 Å². The van der Waals surface area contributed by atoms with Crippen molar-refractivity contribution in [2.45, 2.75) is 45.1 Å². The van der Waals surface area contributed by atoms with Crippen LogP contribution in [0.5, 0.6) is 5.75 Å². The molecule has 1 aliphatic heterocycles. The number of likely N-dealkylation sites (tertiary alicyclic amines) is 1. The Morgan fingerprint density at radius 2 is 1.88 bits per heavy atom. The van der Waals surface area contributed by atoms with E-state index >= 15 is 0 Å². The van der Waals surface area contributed by atoms with Gasteiger partial charge >= 0.3 is 5.97 Å². The maximum absolute atomic E-state index is 12.2. The first-order valence-electron chi connectivity index (χ1n) is 8.29. The summed E-state index contributed by atoms with van der Waals surface area (Å²) in [5.41, 5.74) is 0.564. The Kier molecular flexibility index (Phi) is 5.52. The highest BCUT2D eigenvalue weighted by Gasteiger charge is 2.35. The first-order valence-corrected chi connectivity index (χ1v) is 8.29. The standard InChI is InChI=1S/C19H27NO4/c1-19(2,3)24-18(22)10-14-12-20(4)17(21)11-16(14)13-6-8-15(23-5)9-7-13/h6-9,14,16H,10-12H2,1-5H3/t14-,16?/m1/s1. The number of hydrogen-bond donors (Lipinski definition) is 0. The summed E-state index contributed by atoms with van der Waals surface area (Å²) >= 11 is 0. The van der Waals surface area contributed by atoms with Gasteiger partial charge in [0.15, 0.2) is 0 Å². The van der Waals surface area contributed by atoms with Gasteiger partial charge < -0.3 is 14.4 Å². The largest absolute Gasteiger partial charge is 0.497 e. The van der Waals surface area contributed by atoms with Crippen LogP contribution in [0.15, 0.2) is 24.3 Å². The van der Waals surface area contributed by atoms with Crippen molar-refractivity contribution in [3.8, 4) is 5.75 Å². The van der Waals surface area contributed by atoms with Gasteiger partial charge in [-0.1, -0.05) is 12.1 Å². The number of methoxy groups -OCH3 is 1. The third-order valence-corrected chi connectivity index (χ3v) is 4.29. The van der Waals surface area contributed by atoms with E-state index in [9.17, 15) is 9.59 Å². The fourth-order valence-electron chi connectivity index (χ4n) is 3.14. The zero-order chi connectivity index (χ0) is 17.9. The van der Waals surface area contributed by atoms with Gasteiger partial charge in [0.2, 0.25) is 5.91 Å². The molecule has 1 heterocycles.